The Labute approximate surface area is 146 Å². The number of carbonyl (C=O) groups excluding carboxylic acids is 2. The van der Waals surface area contributed by atoms with Crippen molar-refractivity contribution in [2.75, 3.05) is 17.2 Å². The van der Waals surface area contributed by atoms with Crippen LogP contribution in [0.2, 0.25) is 0 Å². The first-order chi connectivity index (χ1) is 12.1. The van der Waals surface area contributed by atoms with E-state index in [4.69, 9.17) is 4.74 Å². The van der Waals surface area contributed by atoms with Gasteiger partial charge in [0.25, 0.3) is 5.91 Å². The van der Waals surface area contributed by atoms with Crippen molar-refractivity contribution in [3.63, 3.8) is 0 Å². The fraction of sp³-hybridized carbons (Fsp3) is 0.176. The highest BCUT2D eigenvalue weighted by Gasteiger charge is 2.30. The molecular formula is C17H14F4N2O3. The molecule has 2 aromatic carbocycles. The van der Waals surface area contributed by atoms with Crippen LogP contribution in [0.3, 0.4) is 0 Å². The highest BCUT2D eigenvalue weighted by Crippen LogP contribution is 2.30. The van der Waals surface area contributed by atoms with Crippen molar-refractivity contribution in [3.8, 4) is 5.75 Å². The first-order valence-electron chi connectivity index (χ1n) is 7.32. The molecule has 26 heavy (non-hydrogen) atoms. The number of alkyl halides is 3. The average molecular weight is 370 g/mol. The molecule has 0 bridgehead atoms. The van der Waals surface area contributed by atoms with Gasteiger partial charge < -0.3 is 15.4 Å². The SMILES string of the molecule is CC(=O)Nc1ccc(F)c(NC(=O)COc2ccc(C(F)(F)F)cc2)c1. The van der Waals surface area contributed by atoms with Crippen LogP contribution in [-0.2, 0) is 15.8 Å². The number of halogens is 4. The lowest BCUT2D eigenvalue weighted by Gasteiger charge is -2.11. The number of ether oxygens (including phenoxy) is 1. The third-order valence-corrected chi connectivity index (χ3v) is 3.11. The molecule has 0 aliphatic heterocycles. The van der Waals surface area contributed by atoms with Gasteiger partial charge in [-0.25, -0.2) is 4.39 Å². The maximum absolute atomic E-state index is 13.7. The second kappa shape index (κ2) is 7.85. The van der Waals surface area contributed by atoms with E-state index in [1.54, 1.807) is 0 Å². The Morgan fingerprint density at radius 3 is 2.27 bits per heavy atom. The Kier molecular flexibility index (Phi) is 5.81. The normalized spacial score (nSPS) is 11.0. The van der Waals surface area contributed by atoms with Crippen LogP contribution in [0.15, 0.2) is 42.5 Å². The highest BCUT2D eigenvalue weighted by atomic mass is 19.4. The van der Waals surface area contributed by atoms with Gasteiger partial charge in [-0.05, 0) is 42.5 Å². The predicted molar refractivity (Wildman–Crippen MR) is 86.3 cm³/mol. The molecule has 0 heterocycles. The van der Waals surface area contributed by atoms with Gasteiger partial charge in [-0.15, -0.1) is 0 Å². The minimum absolute atomic E-state index is 0.0561. The molecule has 0 spiro atoms. The number of rotatable bonds is 5. The van der Waals surface area contributed by atoms with Crippen molar-refractivity contribution in [1.29, 1.82) is 0 Å². The molecule has 0 unspecified atom stereocenters. The van der Waals surface area contributed by atoms with E-state index in [0.29, 0.717) is 0 Å². The van der Waals surface area contributed by atoms with Crippen LogP contribution in [0.25, 0.3) is 0 Å². The molecule has 9 heteroatoms. The molecule has 2 aromatic rings. The van der Waals surface area contributed by atoms with Gasteiger partial charge in [0.2, 0.25) is 5.91 Å². The zero-order chi connectivity index (χ0) is 19.3. The molecule has 0 saturated heterocycles. The summed E-state index contributed by atoms with van der Waals surface area (Å²) >= 11 is 0. The van der Waals surface area contributed by atoms with Crippen LogP contribution in [0.4, 0.5) is 28.9 Å². The summed E-state index contributed by atoms with van der Waals surface area (Å²) in [6, 6.07) is 7.42. The predicted octanol–water partition coefficient (Wildman–Crippen LogP) is 3.82. The van der Waals surface area contributed by atoms with Gasteiger partial charge in [0.05, 0.1) is 11.3 Å². The average Bonchev–Trinajstić information content (AvgIpc) is 2.55. The summed E-state index contributed by atoms with van der Waals surface area (Å²) in [5.41, 5.74) is -0.721. The van der Waals surface area contributed by atoms with Crippen LogP contribution in [0.5, 0.6) is 5.75 Å². The zero-order valence-corrected chi connectivity index (χ0v) is 13.5. The topological polar surface area (TPSA) is 67.4 Å². The number of hydrogen-bond acceptors (Lipinski definition) is 3. The first-order valence-corrected chi connectivity index (χ1v) is 7.32. The van der Waals surface area contributed by atoms with Crippen LogP contribution >= 0.6 is 0 Å². The van der Waals surface area contributed by atoms with Crippen LogP contribution in [-0.4, -0.2) is 18.4 Å². The van der Waals surface area contributed by atoms with E-state index in [1.165, 1.54) is 19.1 Å². The monoisotopic (exact) mass is 370 g/mol. The Bertz CT molecular complexity index is 805. The van der Waals surface area contributed by atoms with E-state index < -0.39 is 30.1 Å². The van der Waals surface area contributed by atoms with Gasteiger partial charge >= 0.3 is 6.18 Å². The summed E-state index contributed by atoms with van der Waals surface area (Å²) in [6.07, 6.45) is -4.47. The van der Waals surface area contributed by atoms with Crippen molar-refractivity contribution in [2.24, 2.45) is 0 Å². The van der Waals surface area contributed by atoms with Crippen LogP contribution < -0.4 is 15.4 Å². The molecule has 0 aliphatic rings. The van der Waals surface area contributed by atoms with Gasteiger partial charge in [-0.3, -0.25) is 9.59 Å². The third kappa shape index (κ3) is 5.47. The lowest BCUT2D eigenvalue weighted by Crippen LogP contribution is -2.21. The smallest absolute Gasteiger partial charge is 0.416 e. The van der Waals surface area contributed by atoms with Crippen LogP contribution in [0, 0.1) is 5.82 Å². The summed E-state index contributed by atoms with van der Waals surface area (Å²) in [5.74, 6) is -1.74. The fourth-order valence-electron chi connectivity index (χ4n) is 1.98. The first kappa shape index (κ1) is 19.2. The fourth-order valence-corrected chi connectivity index (χ4v) is 1.98. The molecule has 0 aliphatic carbocycles. The van der Waals surface area contributed by atoms with Gasteiger partial charge in [-0.1, -0.05) is 0 Å². The molecule has 0 radical (unpaired) electrons. The van der Waals surface area contributed by atoms with Crippen molar-refractivity contribution in [2.45, 2.75) is 13.1 Å². The minimum atomic E-state index is -4.47. The highest BCUT2D eigenvalue weighted by molar-refractivity contribution is 5.94. The van der Waals surface area contributed by atoms with Crippen molar-refractivity contribution in [3.05, 3.63) is 53.8 Å². The van der Waals surface area contributed by atoms with Gasteiger partial charge in [0, 0.05) is 12.6 Å². The molecule has 5 nitrogen and oxygen atoms in total. The van der Waals surface area contributed by atoms with Crippen molar-refractivity contribution < 1.29 is 31.9 Å². The van der Waals surface area contributed by atoms with E-state index in [0.717, 1.165) is 30.3 Å². The summed E-state index contributed by atoms with van der Waals surface area (Å²) in [7, 11) is 0. The van der Waals surface area contributed by atoms with Gasteiger partial charge in [-0.2, -0.15) is 13.2 Å². The van der Waals surface area contributed by atoms with Crippen molar-refractivity contribution >= 4 is 23.2 Å². The second-order valence-electron chi connectivity index (χ2n) is 5.23. The van der Waals surface area contributed by atoms with Gasteiger partial charge in [0.1, 0.15) is 11.6 Å². The standard InChI is InChI=1S/C17H14F4N2O3/c1-10(24)22-12-4-7-14(18)15(8-12)23-16(25)9-26-13-5-2-11(3-6-13)17(19,20)21/h2-8H,9H2,1H3,(H,22,24)(H,23,25). The molecule has 0 aromatic heterocycles. The van der Waals surface area contributed by atoms with Crippen molar-refractivity contribution in [1.82, 2.24) is 0 Å². The molecule has 2 amide bonds. The molecule has 0 fully saturated rings. The van der Waals surface area contributed by atoms with Crippen LogP contribution in [0.1, 0.15) is 12.5 Å². The largest absolute Gasteiger partial charge is 0.484 e. The maximum Gasteiger partial charge on any atom is 0.416 e. The number of hydrogen-bond donors (Lipinski definition) is 2. The Balaban J connectivity index is 1.95. The molecule has 0 atom stereocenters. The molecular weight excluding hydrogens is 356 g/mol. The summed E-state index contributed by atoms with van der Waals surface area (Å²) < 4.78 is 56.2. The van der Waals surface area contributed by atoms with E-state index in [-0.39, 0.29) is 23.0 Å². The number of amides is 2. The summed E-state index contributed by atoms with van der Waals surface area (Å²) in [5, 5.41) is 4.70. The molecule has 2 rings (SSSR count). The zero-order valence-electron chi connectivity index (χ0n) is 13.5. The van der Waals surface area contributed by atoms with E-state index in [2.05, 4.69) is 10.6 Å². The van der Waals surface area contributed by atoms with E-state index >= 15 is 0 Å². The third-order valence-electron chi connectivity index (χ3n) is 3.11. The maximum atomic E-state index is 13.7. The van der Waals surface area contributed by atoms with Gasteiger partial charge in [0.15, 0.2) is 6.61 Å². The molecule has 2 N–H and O–H groups in total. The lowest BCUT2D eigenvalue weighted by molar-refractivity contribution is -0.137. The summed E-state index contributed by atoms with van der Waals surface area (Å²) in [4.78, 5) is 22.8. The number of benzene rings is 2. The Morgan fingerprint density at radius 2 is 1.69 bits per heavy atom. The Morgan fingerprint density at radius 1 is 1.04 bits per heavy atom. The summed E-state index contributed by atoms with van der Waals surface area (Å²) in [6.45, 7) is 0.745. The number of anilines is 2. The van der Waals surface area contributed by atoms with E-state index in [9.17, 15) is 27.2 Å². The minimum Gasteiger partial charge on any atom is -0.484 e. The van der Waals surface area contributed by atoms with E-state index in [1.807, 2.05) is 0 Å². The lowest BCUT2D eigenvalue weighted by atomic mass is 10.2. The Hall–Kier alpha value is -3.10. The number of nitrogens with one attached hydrogen (secondary N) is 2. The second-order valence-corrected chi connectivity index (χ2v) is 5.23. The molecule has 0 saturated carbocycles. The quantitative estimate of drug-likeness (QED) is 0.787. The molecule has 138 valence electrons. The number of carbonyl (C=O) groups is 2.